The largest absolute Gasteiger partial charge is 0.341 e. The summed E-state index contributed by atoms with van der Waals surface area (Å²) in [6, 6.07) is 7.04. The van der Waals surface area contributed by atoms with E-state index in [2.05, 4.69) is 0 Å². The Labute approximate surface area is 148 Å². The lowest BCUT2D eigenvalue weighted by atomic mass is 9.80. The van der Waals surface area contributed by atoms with Crippen LogP contribution in [0.3, 0.4) is 0 Å². The molecule has 0 unspecified atom stereocenters. The molecule has 2 fully saturated rings. The van der Waals surface area contributed by atoms with Crippen LogP contribution in [0, 0.1) is 5.92 Å². The van der Waals surface area contributed by atoms with Crippen molar-refractivity contribution in [2.45, 2.75) is 50.5 Å². The third kappa shape index (κ3) is 3.65. The van der Waals surface area contributed by atoms with Crippen molar-refractivity contribution in [1.82, 2.24) is 4.90 Å². The monoisotopic (exact) mass is 348 g/mol. The van der Waals surface area contributed by atoms with Gasteiger partial charge in [-0.25, -0.2) is 0 Å². The Morgan fingerprint density at radius 1 is 1.04 bits per heavy atom. The van der Waals surface area contributed by atoms with Crippen molar-refractivity contribution in [3.05, 3.63) is 34.9 Å². The fraction of sp³-hybridized carbons (Fsp3) is 0.579. The summed E-state index contributed by atoms with van der Waals surface area (Å²) in [5, 5.41) is 0.632. The van der Waals surface area contributed by atoms with E-state index in [0.29, 0.717) is 36.5 Å². The summed E-state index contributed by atoms with van der Waals surface area (Å²) >= 11 is 5.88. The van der Waals surface area contributed by atoms with E-state index < -0.39 is 5.54 Å². The van der Waals surface area contributed by atoms with Crippen molar-refractivity contribution in [2.24, 2.45) is 11.7 Å². The molecule has 5 heteroatoms. The number of ketones is 1. The second-order valence-electron chi connectivity index (χ2n) is 7.15. The zero-order valence-electron chi connectivity index (χ0n) is 14.0. The van der Waals surface area contributed by atoms with Gasteiger partial charge in [0.25, 0.3) is 0 Å². The van der Waals surface area contributed by atoms with Crippen molar-refractivity contribution in [2.75, 3.05) is 13.1 Å². The summed E-state index contributed by atoms with van der Waals surface area (Å²) in [7, 11) is 0. The van der Waals surface area contributed by atoms with Gasteiger partial charge in [-0.15, -0.1) is 0 Å². The molecule has 130 valence electrons. The van der Waals surface area contributed by atoms with Gasteiger partial charge in [0.2, 0.25) is 5.91 Å². The lowest BCUT2D eigenvalue weighted by molar-refractivity contribution is -0.139. The zero-order valence-corrected chi connectivity index (χ0v) is 14.7. The summed E-state index contributed by atoms with van der Waals surface area (Å²) in [5.74, 6) is 0.216. The third-order valence-electron chi connectivity index (χ3n) is 5.45. The molecule has 1 heterocycles. The molecule has 0 spiro atoms. The minimum absolute atomic E-state index is 0.0182. The van der Waals surface area contributed by atoms with Gasteiger partial charge in [-0.1, -0.05) is 30.9 Å². The second kappa shape index (κ2) is 7.24. The molecule has 0 radical (unpaired) electrons. The molecule has 1 aliphatic heterocycles. The van der Waals surface area contributed by atoms with Crippen LogP contribution in [0.15, 0.2) is 24.3 Å². The zero-order chi connectivity index (χ0) is 17.2. The molecule has 2 N–H and O–H groups in total. The lowest BCUT2D eigenvalue weighted by Crippen LogP contribution is -2.57. The third-order valence-corrected chi connectivity index (χ3v) is 5.71. The molecular weight excluding hydrogens is 324 g/mol. The molecular formula is C19H25ClN2O2. The van der Waals surface area contributed by atoms with Gasteiger partial charge in [0.15, 0.2) is 5.78 Å². The van der Waals surface area contributed by atoms with Gasteiger partial charge >= 0.3 is 0 Å². The molecule has 2 aliphatic rings. The number of hydrogen-bond donors (Lipinski definition) is 1. The minimum Gasteiger partial charge on any atom is -0.341 e. The molecule has 1 aliphatic carbocycles. The standard InChI is InChI=1S/C19H25ClN2O2/c20-16-6-4-14(5-7-16)17(23)15-8-12-22(13-9-15)18(24)19(21)10-2-1-3-11-19/h4-7,15H,1-3,8-13,21H2. The first-order valence-electron chi connectivity index (χ1n) is 8.88. The number of carbonyl (C=O) groups is 2. The van der Waals surface area contributed by atoms with Gasteiger partial charge in [0.1, 0.15) is 0 Å². The van der Waals surface area contributed by atoms with Gasteiger partial charge in [-0.2, -0.15) is 0 Å². The number of nitrogens with two attached hydrogens (primary N) is 1. The molecule has 0 bridgehead atoms. The molecule has 3 rings (SSSR count). The maximum absolute atomic E-state index is 12.8. The number of hydrogen-bond acceptors (Lipinski definition) is 3. The Kier molecular flexibility index (Phi) is 5.26. The Morgan fingerprint density at radius 3 is 2.21 bits per heavy atom. The van der Waals surface area contributed by atoms with Crippen molar-refractivity contribution in [3.63, 3.8) is 0 Å². The fourth-order valence-corrected chi connectivity index (χ4v) is 4.03. The van der Waals surface area contributed by atoms with Crippen LogP contribution in [-0.2, 0) is 4.79 Å². The maximum Gasteiger partial charge on any atom is 0.242 e. The SMILES string of the molecule is NC1(C(=O)N2CCC(C(=O)c3ccc(Cl)cc3)CC2)CCCCC1. The van der Waals surface area contributed by atoms with E-state index >= 15 is 0 Å². The average molecular weight is 349 g/mol. The van der Waals surface area contributed by atoms with E-state index in [4.69, 9.17) is 17.3 Å². The molecule has 0 aromatic heterocycles. The highest BCUT2D eigenvalue weighted by molar-refractivity contribution is 6.30. The predicted molar refractivity (Wildman–Crippen MR) is 95.1 cm³/mol. The smallest absolute Gasteiger partial charge is 0.242 e. The van der Waals surface area contributed by atoms with Crippen molar-refractivity contribution in [3.8, 4) is 0 Å². The normalized spacial score (nSPS) is 21.5. The summed E-state index contributed by atoms with van der Waals surface area (Å²) in [5.41, 5.74) is 6.39. The number of nitrogens with zero attached hydrogens (tertiary/aromatic N) is 1. The first-order valence-corrected chi connectivity index (χ1v) is 9.25. The lowest BCUT2D eigenvalue weighted by Gasteiger charge is -2.39. The molecule has 1 saturated carbocycles. The Bertz CT molecular complexity index is 600. The fourth-order valence-electron chi connectivity index (χ4n) is 3.91. The number of rotatable bonds is 3. The quantitative estimate of drug-likeness (QED) is 0.851. The first kappa shape index (κ1) is 17.4. The number of halogens is 1. The van der Waals surface area contributed by atoms with Crippen LogP contribution in [0.5, 0.6) is 0 Å². The maximum atomic E-state index is 12.8. The molecule has 0 atom stereocenters. The molecule has 1 aromatic rings. The summed E-state index contributed by atoms with van der Waals surface area (Å²) in [4.78, 5) is 27.2. The first-order chi connectivity index (χ1) is 11.5. The highest BCUT2D eigenvalue weighted by atomic mass is 35.5. The van der Waals surface area contributed by atoms with Gasteiger partial charge in [0.05, 0.1) is 5.54 Å². The highest BCUT2D eigenvalue weighted by Crippen LogP contribution is 2.30. The van der Waals surface area contributed by atoms with Crippen molar-refractivity contribution < 1.29 is 9.59 Å². The molecule has 4 nitrogen and oxygen atoms in total. The Morgan fingerprint density at radius 2 is 1.62 bits per heavy atom. The summed E-state index contributed by atoms with van der Waals surface area (Å²) in [6.07, 6.45) is 6.24. The highest BCUT2D eigenvalue weighted by Gasteiger charge is 2.39. The number of piperidine rings is 1. The van der Waals surface area contributed by atoms with Gasteiger partial charge in [-0.05, 0) is 49.9 Å². The average Bonchev–Trinajstić information content (AvgIpc) is 2.62. The number of Topliss-reactive ketones (excluding diaryl/α,β-unsaturated/α-hetero) is 1. The van der Waals surface area contributed by atoms with Crippen molar-refractivity contribution >= 4 is 23.3 Å². The summed E-state index contributed by atoms with van der Waals surface area (Å²) in [6.45, 7) is 1.25. The Hall–Kier alpha value is -1.39. The predicted octanol–water partition coefficient (Wildman–Crippen LogP) is 3.42. The number of benzene rings is 1. The van der Waals surface area contributed by atoms with Gasteiger partial charge in [0, 0.05) is 29.6 Å². The van der Waals surface area contributed by atoms with Gasteiger partial charge < -0.3 is 10.6 Å². The van der Waals surface area contributed by atoms with Crippen LogP contribution in [0.4, 0.5) is 0 Å². The second-order valence-corrected chi connectivity index (χ2v) is 7.59. The van der Waals surface area contributed by atoms with E-state index in [0.717, 1.165) is 25.7 Å². The number of likely N-dealkylation sites (tertiary alicyclic amines) is 1. The molecule has 1 amide bonds. The van der Waals surface area contributed by atoms with Gasteiger partial charge in [-0.3, -0.25) is 9.59 Å². The number of amides is 1. The van der Waals surface area contributed by atoms with Crippen LogP contribution in [-0.4, -0.2) is 35.2 Å². The van der Waals surface area contributed by atoms with Crippen LogP contribution in [0.1, 0.15) is 55.3 Å². The Balaban J connectivity index is 1.58. The molecule has 1 saturated heterocycles. The van der Waals surface area contributed by atoms with Crippen LogP contribution >= 0.6 is 11.6 Å². The van der Waals surface area contributed by atoms with Crippen LogP contribution in [0.2, 0.25) is 5.02 Å². The van der Waals surface area contributed by atoms with Crippen LogP contribution < -0.4 is 5.73 Å². The van der Waals surface area contributed by atoms with E-state index in [1.54, 1.807) is 24.3 Å². The minimum atomic E-state index is -0.675. The van der Waals surface area contributed by atoms with Crippen LogP contribution in [0.25, 0.3) is 0 Å². The van der Waals surface area contributed by atoms with E-state index in [-0.39, 0.29) is 17.6 Å². The van der Waals surface area contributed by atoms with Crippen molar-refractivity contribution in [1.29, 1.82) is 0 Å². The molecule has 24 heavy (non-hydrogen) atoms. The van der Waals surface area contributed by atoms with E-state index in [1.807, 2.05) is 4.90 Å². The summed E-state index contributed by atoms with van der Waals surface area (Å²) < 4.78 is 0. The topological polar surface area (TPSA) is 63.4 Å². The molecule has 1 aromatic carbocycles. The van der Waals surface area contributed by atoms with E-state index in [9.17, 15) is 9.59 Å². The number of carbonyl (C=O) groups excluding carboxylic acids is 2. The van der Waals surface area contributed by atoms with E-state index in [1.165, 1.54) is 6.42 Å².